The number of esters is 1. The van der Waals surface area contributed by atoms with E-state index in [1.807, 2.05) is 0 Å². The topological polar surface area (TPSA) is 66.8 Å². The second-order valence-electron chi connectivity index (χ2n) is 3.11. The minimum Gasteiger partial charge on any atom is -0.466 e. The molecule has 0 aromatic heterocycles. The summed E-state index contributed by atoms with van der Waals surface area (Å²) < 4.78 is 4.40. The van der Waals surface area contributed by atoms with E-state index in [1.165, 1.54) is 6.92 Å². The Kier molecular flexibility index (Phi) is 20.3. The number of aliphatic hydroxyl groups is 2. The summed E-state index contributed by atoms with van der Waals surface area (Å²) in [5.74, 6) is -0.211. The summed E-state index contributed by atoms with van der Waals surface area (Å²) in [6.45, 7) is 10.5. The Hall–Kier alpha value is -0.610. The normalized spacial score (nSPS) is 8.43. The van der Waals surface area contributed by atoms with Crippen molar-refractivity contribution in [2.75, 3.05) is 6.61 Å². The summed E-state index contributed by atoms with van der Waals surface area (Å²) in [5.41, 5.74) is 0. The molecule has 0 bridgehead atoms. The summed E-state index contributed by atoms with van der Waals surface area (Å²) in [6.07, 6.45) is -0.333. The number of hydrogen-bond acceptors (Lipinski definition) is 4. The Morgan fingerprint density at radius 2 is 1.36 bits per heavy atom. The van der Waals surface area contributed by atoms with Gasteiger partial charge in [-0.3, -0.25) is 4.79 Å². The molecule has 2 N–H and O–H groups in total. The molecule has 0 saturated carbocycles. The molecular weight excluding hydrogens is 184 g/mol. The number of aliphatic hydroxyl groups excluding tert-OH is 2. The molecule has 0 saturated heterocycles. The van der Waals surface area contributed by atoms with Crippen LogP contribution in [0.3, 0.4) is 0 Å². The fourth-order valence-electron chi connectivity index (χ4n) is 0.203. The van der Waals surface area contributed by atoms with Crippen molar-refractivity contribution < 1.29 is 19.7 Å². The van der Waals surface area contributed by atoms with Crippen molar-refractivity contribution in [3.63, 3.8) is 0 Å². The lowest BCUT2D eigenvalue weighted by Crippen LogP contribution is -1.95. The first-order valence-corrected chi connectivity index (χ1v) is 4.73. The predicted molar refractivity (Wildman–Crippen MR) is 57.0 cm³/mol. The summed E-state index contributed by atoms with van der Waals surface area (Å²) >= 11 is 0. The van der Waals surface area contributed by atoms with E-state index in [2.05, 4.69) is 4.74 Å². The maximum atomic E-state index is 9.82. The van der Waals surface area contributed by atoms with E-state index >= 15 is 0 Å². The van der Waals surface area contributed by atoms with Gasteiger partial charge in [0.2, 0.25) is 0 Å². The molecule has 0 aromatic rings. The van der Waals surface area contributed by atoms with Gasteiger partial charge in [0.25, 0.3) is 0 Å². The molecule has 4 nitrogen and oxygen atoms in total. The molecule has 14 heavy (non-hydrogen) atoms. The van der Waals surface area contributed by atoms with E-state index in [0.717, 1.165) is 0 Å². The van der Waals surface area contributed by atoms with Gasteiger partial charge in [-0.05, 0) is 34.6 Å². The van der Waals surface area contributed by atoms with Gasteiger partial charge in [-0.25, -0.2) is 0 Å². The predicted octanol–water partition coefficient (Wildman–Crippen LogP) is 1.34. The summed E-state index contributed by atoms with van der Waals surface area (Å²) in [5, 5.41) is 16.1. The quantitative estimate of drug-likeness (QED) is 0.638. The first-order valence-electron chi connectivity index (χ1n) is 4.73. The SMILES string of the molecule is CC(C)O.CC(C)O.CCOC(C)=O. The molecule has 0 aromatic carbocycles. The van der Waals surface area contributed by atoms with Crippen LogP contribution in [0.1, 0.15) is 41.5 Å². The van der Waals surface area contributed by atoms with Crippen LogP contribution in [0.5, 0.6) is 0 Å². The van der Waals surface area contributed by atoms with Crippen LogP contribution in [-0.2, 0) is 9.53 Å². The number of carbonyl (C=O) groups is 1. The Morgan fingerprint density at radius 3 is 1.36 bits per heavy atom. The third-order valence-electron chi connectivity index (χ3n) is 0.348. The van der Waals surface area contributed by atoms with Crippen molar-refractivity contribution in [1.82, 2.24) is 0 Å². The van der Waals surface area contributed by atoms with E-state index in [1.54, 1.807) is 34.6 Å². The van der Waals surface area contributed by atoms with Crippen molar-refractivity contribution in [3.8, 4) is 0 Å². The van der Waals surface area contributed by atoms with Gasteiger partial charge < -0.3 is 14.9 Å². The van der Waals surface area contributed by atoms with Crippen LogP contribution in [0, 0.1) is 0 Å². The Morgan fingerprint density at radius 1 is 1.14 bits per heavy atom. The molecule has 4 heteroatoms. The van der Waals surface area contributed by atoms with Crippen molar-refractivity contribution in [1.29, 1.82) is 0 Å². The van der Waals surface area contributed by atoms with Crippen molar-refractivity contribution in [2.45, 2.75) is 53.8 Å². The van der Waals surface area contributed by atoms with Gasteiger partial charge in [-0.2, -0.15) is 0 Å². The standard InChI is InChI=1S/C4H8O2.2C3H8O/c1-3-6-4(2)5;2*1-3(2)4/h3H2,1-2H3;2*3-4H,1-2H3. The summed E-state index contributed by atoms with van der Waals surface area (Å²) in [6, 6.07) is 0. The highest BCUT2D eigenvalue weighted by molar-refractivity contribution is 5.65. The van der Waals surface area contributed by atoms with Gasteiger partial charge in [-0.1, -0.05) is 0 Å². The fourth-order valence-corrected chi connectivity index (χ4v) is 0.203. The van der Waals surface area contributed by atoms with Crippen LogP contribution in [0.15, 0.2) is 0 Å². The second kappa shape index (κ2) is 14.9. The number of ether oxygens (including phenoxy) is 1. The minimum absolute atomic E-state index is 0.167. The Bertz CT molecular complexity index is 99.2. The first kappa shape index (κ1) is 19.0. The molecule has 0 aliphatic heterocycles. The van der Waals surface area contributed by atoms with E-state index < -0.39 is 0 Å². The van der Waals surface area contributed by atoms with Gasteiger partial charge in [-0.15, -0.1) is 0 Å². The summed E-state index contributed by atoms with van der Waals surface area (Å²) in [4.78, 5) is 9.82. The van der Waals surface area contributed by atoms with Gasteiger partial charge in [0.05, 0.1) is 6.61 Å². The largest absolute Gasteiger partial charge is 0.466 e. The van der Waals surface area contributed by atoms with E-state index in [0.29, 0.717) is 6.61 Å². The molecule has 0 atom stereocenters. The second-order valence-corrected chi connectivity index (χ2v) is 3.11. The zero-order valence-electron chi connectivity index (χ0n) is 10.1. The Balaban J connectivity index is -0.000000135. The van der Waals surface area contributed by atoms with E-state index in [9.17, 15) is 4.79 Å². The highest BCUT2D eigenvalue weighted by atomic mass is 16.5. The maximum absolute atomic E-state index is 9.82. The van der Waals surface area contributed by atoms with Gasteiger partial charge >= 0.3 is 5.97 Å². The van der Waals surface area contributed by atoms with Crippen LogP contribution >= 0.6 is 0 Å². The van der Waals surface area contributed by atoms with Crippen molar-refractivity contribution >= 4 is 5.97 Å². The molecule has 0 aliphatic rings. The third-order valence-corrected chi connectivity index (χ3v) is 0.348. The van der Waals surface area contributed by atoms with Crippen molar-refractivity contribution in [2.24, 2.45) is 0 Å². The highest BCUT2D eigenvalue weighted by Crippen LogP contribution is 1.69. The van der Waals surface area contributed by atoms with Crippen molar-refractivity contribution in [3.05, 3.63) is 0 Å². The molecule has 0 radical (unpaired) electrons. The van der Waals surface area contributed by atoms with Crippen LogP contribution in [-0.4, -0.2) is 35.0 Å². The van der Waals surface area contributed by atoms with Crippen LogP contribution in [0.2, 0.25) is 0 Å². The van der Waals surface area contributed by atoms with Crippen LogP contribution in [0.25, 0.3) is 0 Å². The lowest BCUT2D eigenvalue weighted by Gasteiger charge is -1.89. The maximum Gasteiger partial charge on any atom is 0.302 e. The molecule has 0 heterocycles. The zero-order valence-corrected chi connectivity index (χ0v) is 10.1. The van der Waals surface area contributed by atoms with E-state index in [-0.39, 0.29) is 18.2 Å². The average molecular weight is 208 g/mol. The van der Waals surface area contributed by atoms with Crippen LogP contribution < -0.4 is 0 Å². The van der Waals surface area contributed by atoms with Gasteiger partial charge in [0, 0.05) is 19.1 Å². The highest BCUT2D eigenvalue weighted by Gasteiger charge is 1.81. The molecule has 0 rings (SSSR count). The number of carbonyl (C=O) groups excluding carboxylic acids is 1. The minimum atomic E-state index is -0.211. The zero-order chi connectivity index (χ0) is 12.1. The van der Waals surface area contributed by atoms with Crippen LogP contribution in [0.4, 0.5) is 0 Å². The lowest BCUT2D eigenvalue weighted by atomic mass is 10.5. The molecule has 0 aliphatic carbocycles. The third kappa shape index (κ3) is 215. The fraction of sp³-hybridized carbons (Fsp3) is 0.900. The molecule has 0 amide bonds. The van der Waals surface area contributed by atoms with Gasteiger partial charge in [0.15, 0.2) is 0 Å². The molecule has 0 unspecified atom stereocenters. The first-order chi connectivity index (χ1) is 6.23. The molecule has 88 valence electrons. The molecule has 0 fully saturated rings. The lowest BCUT2D eigenvalue weighted by molar-refractivity contribution is -0.140. The monoisotopic (exact) mass is 208 g/mol. The average Bonchev–Trinajstić information content (AvgIpc) is 1.82. The summed E-state index contributed by atoms with van der Waals surface area (Å²) in [7, 11) is 0. The smallest absolute Gasteiger partial charge is 0.302 e. The Labute approximate surface area is 86.9 Å². The molecular formula is C10H24O4. The number of rotatable bonds is 1. The van der Waals surface area contributed by atoms with Gasteiger partial charge in [0.1, 0.15) is 0 Å². The van der Waals surface area contributed by atoms with E-state index in [4.69, 9.17) is 10.2 Å². The number of hydrogen-bond donors (Lipinski definition) is 2. The molecule has 0 spiro atoms.